The summed E-state index contributed by atoms with van der Waals surface area (Å²) in [5, 5.41) is 16.7. The van der Waals surface area contributed by atoms with Crippen molar-refractivity contribution in [3.8, 4) is 11.8 Å². The Hall–Kier alpha value is -4.00. The number of anilines is 1. The second-order valence-electron chi connectivity index (χ2n) is 7.61. The Balaban J connectivity index is 1.39. The number of para-hydroxylation sites is 1. The second kappa shape index (κ2) is 11.0. The lowest BCUT2D eigenvalue weighted by Gasteiger charge is -2.09. The van der Waals surface area contributed by atoms with E-state index >= 15 is 0 Å². The first-order valence-corrected chi connectivity index (χ1v) is 11.9. The van der Waals surface area contributed by atoms with Crippen LogP contribution in [0.1, 0.15) is 44.8 Å². The molecular weight excluding hydrogens is 488 g/mol. The van der Waals surface area contributed by atoms with Crippen molar-refractivity contribution in [1.82, 2.24) is 5.43 Å². The number of hydrogen-bond acceptors (Lipinski definition) is 7. The maximum absolute atomic E-state index is 12.4. The number of fused-ring (bicyclic) bond motifs is 1. The zero-order chi connectivity index (χ0) is 24.8. The molecule has 0 bridgehead atoms. The normalized spacial score (nSPS) is 12.5. The van der Waals surface area contributed by atoms with Crippen LogP contribution < -0.4 is 15.5 Å². The molecule has 1 aliphatic rings. The molecule has 1 aliphatic carbocycles. The van der Waals surface area contributed by atoms with Gasteiger partial charge < -0.3 is 10.1 Å². The van der Waals surface area contributed by atoms with Crippen LogP contribution in [0.15, 0.2) is 53.6 Å². The van der Waals surface area contributed by atoms with Gasteiger partial charge in [0.15, 0.2) is 0 Å². The summed E-state index contributed by atoms with van der Waals surface area (Å²) >= 11 is 7.18. The number of rotatable bonds is 5. The number of carbonyl (C=O) groups is 3. The lowest BCUT2D eigenvalue weighted by atomic mass is 9.96. The minimum absolute atomic E-state index is 0.220. The van der Waals surface area contributed by atoms with Crippen molar-refractivity contribution in [2.24, 2.45) is 5.10 Å². The number of ether oxygens (including phenoxy) is 1. The van der Waals surface area contributed by atoms with Gasteiger partial charge >= 0.3 is 17.8 Å². The number of benzene rings is 2. The number of nitriles is 1. The van der Waals surface area contributed by atoms with E-state index in [0.717, 1.165) is 36.1 Å². The van der Waals surface area contributed by atoms with Crippen molar-refractivity contribution in [1.29, 1.82) is 5.26 Å². The van der Waals surface area contributed by atoms with Gasteiger partial charge in [-0.25, -0.2) is 10.2 Å². The van der Waals surface area contributed by atoms with Crippen LogP contribution in [0.2, 0.25) is 5.02 Å². The molecule has 0 atom stereocenters. The van der Waals surface area contributed by atoms with E-state index < -0.39 is 17.8 Å². The number of carbonyl (C=O) groups excluding carboxylic acids is 3. The molecule has 1 aromatic heterocycles. The molecule has 0 saturated carbocycles. The maximum Gasteiger partial charge on any atom is 0.343 e. The number of hydrogen-bond donors (Lipinski definition) is 2. The summed E-state index contributed by atoms with van der Waals surface area (Å²) < 4.78 is 5.43. The molecule has 2 amide bonds. The fourth-order valence-electron chi connectivity index (χ4n) is 3.57. The third-order valence-electron chi connectivity index (χ3n) is 5.29. The minimum atomic E-state index is -0.993. The molecule has 0 aliphatic heterocycles. The minimum Gasteiger partial charge on any atom is -0.422 e. The number of nitrogens with one attached hydrogen (secondary N) is 2. The van der Waals surface area contributed by atoms with Crippen molar-refractivity contribution in [2.45, 2.75) is 25.7 Å². The molecule has 0 spiro atoms. The molecule has 3 aromatic rings. The maximum atomic E-state index is 12.4. The lowest BCUT2D eigenvalue weighted by molar-refractivity contribution is -0.136. The van der Waals surface area contributed by atoms with E-state index in [1.165, 1.54) is 17.6 Å². The van der Waals surface area contributed by atoms with E-state index in [1.54, 1.807) is 48.5 Å². The smallest absolute Gasteiger partial charge is 0.343 e. The highest BCUT2D eigenvalue weighted by molar-refractivity contribution is 7.16. The van der Waals surface area contributed by atoms with Crippen molar-refractivity contribution in [2.75, 3.05) is 5.32 Å². The van der Waals surface area contributed by atoms with Crippen LogP contribution in [0.5, 0.6) is 5.75 Å². The average Bonchev–Trinajstić information content (AvgIpc) is 3.22. The number of halogens is 1. The molecule has 4 rings (SSSR count). The highest BCUT2D eigenvalue weighted by Gasteiger charge is 2.23. The van der Waals surface area contributed by atoms with Gasteiger partial charge in [-0.05, 0) is 67.6 Å². The molecule has 2 aromatic carbocycles. The van der Waals surface area contributed by atoms with Crippen LogP contribution in [0, 0.1) is 11.3 Å². The quantitative estimate of drug-likeness (QED) is 0.174. The Bertz CT molecular complexity index is 1360. The third-order valence-corrected chi connectivity index (χ3v) is 6.75. The number of amides is 2. The van der Waals surface area contributed by atoms with Crippen LogP contribution in [0.3, 0.4) is 0 Å². The fourth-order valence-corrected chi connectivity index (χ4v) is 4.93. The van der Waals surface area contributed by atoms with Crippen molar-refractivity contribution < 1.29 is 19.1 Å². The summed E-state index contributed by atoms with van der Waals surface area (Å²) in [6, 6.07) is 15.0. The first-order valence-electron chi connectivity index (χ1n) is 10.7. The highest BCUT2D eigenvalue weighted by atomic mass is 35.5. The zero-order valence-corrected chi connectivity index (χ0v) is 19.9. The molecule has 0 unspecified atom stereocenters. The molecule has 2 N–H and O–H groups in total. The molecule has 0 radical (unpaired) electrons. The van der Waals surface area contributed by atoms with Crippen molar-refractivity contribution >= 4 is 51.9 Å². The molecule has 0 saturated heterocycles. The van der Waals surface area contributed by atoms with Gasteiger partial charge in [0.25, 0.3) is 0 Å². The van der Waals surface area contributed by atoms with E-state index in [9.17, 15) is 19.6 Å². The Labute approximate surface area is 210 Å². The number of thiophene rings is 1. The van der Waals surface area contributed by atoms with Gasteiger partial charge in [0.2, 0.25) is 0 Å². The van der Waals surface area contributed by atoms with E-state index in [2.05, 4.69) is 21.9 Å². The second-order valence-corrected chi connectivity index (χ2v) is 9.16. The predicted octanol–water partition coefficient (Wildman–Crippen LogP) is 4.46. The first kappa shape index (κ1) is 24.1. The van der Waals surface area contributed by atoms with E-state index in [0.29, 0.717) is 26.7 Å². The van der Waals surface area contributed by atoms with Gasteiger partial charge in [0, 0.05) is 15.5 Å². The van der Waals surface area contributed by atoms with Gasteiger partial charge in [-0.3, -0.25) is 9.59 Å². The molecule has 10 heteroatoms. The number of hydrazone groups is 1. The van der Waals surface area contributed by atoms with E-state index in [4.69, 9.17) is 16.3 Å². The van der Waals surface area contributed by atoms with Crippen LogP contribution in [0.4, 0.5) is 5.00 Å². The summed E-state index contributed by atoms with van der Waals surface area (Å²) in [6.07, 6.45) is 4.96. The Kier molecular flexibility index (Phi) is 7.55. The number of nitrogens with zero attached hydrogens (tertiary/aromatic N) is 2. The average molecular weight is 507 g/mol. The third kappa shape index (κ3) is 5.74. The zero-order valence-electron chi connectivity index (χ0n) is 18.3. The number of aryl methyl sites for hydroxylation is 1. The van der Waals surface area contributed by atoms with E-state index in [-0.39, 0.29) is 5.75 Å². The van der Waals surface area contributed by atoms with Crippen LogP contribution in [0.25, 0.3) is 0 Å². The molecule has 35 heavy (non-hydrogen) atoms. The van der Waals surface area contributed by atoms with Gasteiger partial charge in [-0.2, -0.15) is 10.4 Å². The molecule has 176 valence electrons. The summed E-state index contributed by atoms with van der Waals surface area (Å²) in [5.41, 5.74) is 4.26. The van der Waals surface area contributed by atoms with Gasteiger partial charge in [-0.15, -0.1) is 11.3 Å². The topological polar surface area (TPSA) is 121 Å². The summed E-state index contributed by atoms with van der Waals surface area (Å²) in [6.45, 7) is 0. The van der Waals surface area contributed by atoms with E-state index in [1.807, 2.05) is 0 Å². The first-order chi connectivity index (χ1) is 17.0. The molecule has 8 nitrogen and oxygen atoms in total. The standard InChI is InChI=1S/C25H19ClN4O4S/c26-17-11-9-15(10-12-17)25(33)34-20-7-3-1-5-16(20)14-28-30-23(32)22(31)29-24-19(13-27)18-6-2-4-8-21(18)35-24/h1,3,5,7,9-12,14H,2,4,6,8H2,(H,29,31)(H,30,32)/b28-14+. The van der Waals surface area contributed by atoms with Crippen molar-refractivity contribution in [3.05, 3.63) is 80.7 Å². The number of esters is 1. The van der Waals surface area contributed by atoms with Gasteiger partial charge in [0.05, 0.1) is 17.3 Å². The fraction of sp³-hybridized carbons (Fsp3) is 0.160. The summed E-state index contributed by atoms with van der Waals surface area (Å²) in [5.74, 6) is -2.29. The SMILES string of the molecule is N#Cc1c(NC(=O)C(=O)N/N=C/c2ccccc2OC(=O)c2ccc(Cl)cc2)sc2c1CCCC2. The highest BCUT2D eigenvalue weighted by Crippen LogP contribution is 2.37. The monoisotopic (exact) mass is 506 g/mol. The largest absolute Gasteiger partial charge is 0.422 e. The molecule has 1 heterocycles. The summed E-state index contributed by atoms with van der Waals surface area (Å²) in [4.78, 5) is 38.1. The van der Waals surface area contributed by atoms with Crippen LogP contribution >= 0.6 is 22.9 Å². The Morgan fingerprint density at radius 3 is 2.57 bits per heavy atom. The Morgan fingerprint density at radius 1 is 1.06 bits per heavy atom. The summed E-state index contributed by atoms with van der Waals surface area (Å²) in [7, 11) is 0. The van der Waals surface area contributed by atoms with Gasteiger partial charge in [-0.1, -0.05) is 23.7 Å². The Morgan fingerprint density at radius 2 is 1.80 bits per heavy atom. The van der Waals surface area contributed by atoms with Crippen molar-refractivity contribution in [3.63, 3.8) is 0 Å². The van der Waals surface area contributed by atoms with Gasteiger partial charge in [0.1, 0.15) is 16.8 Å². The predicted molar refractivity (Wildman–Crippen MR) is 133 cm³/mol. The molecular formula is C25H19ClN4O4S. The van der Waals surface area contributed by atoms with Crippen LogP contribution in [-0.2, 0) is 22.4 Å². The lowest BCUT2D eigenvalue weighted by Crippen LogP contribution is -2.32. The molecule has 0 fully saturated rings. The van der Waals surface area contributed by atoms with Crippen LogP contribution in [-0.4, -0.2) is 24.0 Å².